The second-order valence-corrected chi connectivity index (χ2v) is 7.77. The molecule has 1 aromatic rings. The van der Waals surface area contributed by atoms with E-state index < -0.39 is 10.0 Å². The molecule has 2 unspecified atom stereocenters. The first kappa shape index (κ1) is 18.1. The molecule has 0 radical (unpaired) electrons. The van der Waals surface area contributed by atoms with Gasteiger partial charge in [-0.25, -0.2) is 13.1 Å². The van der Waals surface area contributed by atoms with Crippen LogP contribution in [0, 0.1) is 0 Å². The van der Waals surface area contributed by atoms with Crippen LogP contribution in [0.2, 0.25) is 0 Å². The number of morpholine rings is 1. The van der Waals surface area contributed by atoms with Gasteiger partial charge in [-0.2, -0.15) is 0 Å². The van der Waals surface area contributed by atoms with Gasteiger partial charge in [-0.05, 0) is 32.9 Å². The molecular formula is C16H24N2O4S. The van der Waals surface area contributed by atoms with Crippen molar-refractivity contribution < 1.29 is 17.9 Å². The van der Waals surface area contributed by atoms with Crippen LogP contribution in [0.15, 0.2) is 29.2 Å². The Morgan fingerprint density at radius 1 is 1.30 bits per heavy atom. The van der Waals surface area contributed by atoms with Gasteiger partial charge in [0.15, 0.2) is 5.78 Å². The zero-order valence-corrected chi connectivity index (χ0v) is 14.6. The summed E-state index contributed by atoms with van der Waals surface area (Å²) in [5, 5.41) is 0. The average molecular weight is 340 g/mol. The maximum Gasteiger partial charge on any atom is 0.240 e. The Kier molecular flexibility index (Phi) is 5.91. The standard InChI is InChI=1S/C16H24N2O4S/c1-12-10-18(11-13(2)22-12)8-7-17-23(20,21)16-6-4-5-15(9-16)14(3)19/h4-6,9,12-13,17H,7-8,10-11H2,1-3H3. The largest absolute Gasteiger partial charge is 0.373 e. The number of nitrogens with zero attached hydrogens (tertiary/aromatic N) is 1. The number of ether oxygens (including phenoxy) is 1. The Labute approximate surface area is 137 Å². The molecule has 1 aliphatic heterocycles. The molecule has 1 aromatic carbocycles. The molecule has 0 saturated carbocycles. The summed E-state index contributed by atoms with van der Waals surface area (Å²) in [7, 11) is -3.60. The molecule has 1 heterocycles. The maximum atomic E-state index is 12.3. The second-order valence-electron chi connectivity index (χ2n) is 6.00. The zero-order valence-electron chi connectivity index (χ0n) is 13.8. The van der Waals surface area contributed by atoms with Crippen LogP contribution < -0.4 is 4.72 Å². The van der Waals surface area contributed by atoms with E-state index in [0.29, 0.717) is 18.7 Å². The van der Waals surface area contributed by atoms with E-state index in [1.54, 1.807) is 12.1 Å². The van der Waals surface area contributed by atoms with Crippen LogP contribution in [0.25, 0.3) is 0 Å². The van der Waals surface area contributed by atoms with E-state index in [1.165, 1.54) is 19.1 Å². The van der Waals surface area contributed by atoms with Crippen molar-refractivity contribution in [1.29, 1.82) is 0 Å². The number of Topliss-reactive ketones (excluding diaryl/α,β-unsaturated/α-hetero) is 1. The number of hydrogen-bond acceptors (Lipinski definition) is 5. The molecule has 2 atom stereocenters. The highest BCUT2D eigenvalue weighted by Crippen LogP contribution is 2.13. The van der Waals surface area contributed by atoms with Gasteiger partial charge < -0.3 is 4.74 Å². The lowest BCUT2D eigenvalue weighted by atomic mass is 10.2. The topological polar surface area (TPSA) is 75.7 Å². The van der Waals surface area contributed by atoms with Gasteiger partial charge in [-0.1, -0.05) is 12.1 Å². The zero-order chi connectivity index (χ0) is 17.0. The lowest BCUT2D eigenvalue weighted by Crippen LogP contribution is -2.47. The predicted molar refractivity (Wildman–Crippen MR) is 88.1 cm³/mol. The molecule has 23 heavy (non-hydrogen) atoms. The van der Waals surface area contributed by atoms with Gasteiger partial charge in [-0.15, -0.1) is 0 Å². The SMILES string of the molecule is CC(=O)c1cccc(S(=O)(=O)NCCN2CC(C)OC(C)C2)c1. The first-order chi connectivity index (χ1) is 10.8. The number of hydrogen-bond donors (Lipinski definition) is 1. The number of nitrogens with one attached hydrogen (secondary N) is 1. The highest BCUT2D eigenvalue weighted by atomic mass is 32.2. The summed E-state index contributed by atoms with van der Waals surface area (Å²) in [5.41, 5.74) is 0.392. The van der Waals surface area contributed by atoms with Crippen LogP contribution in [-0.2, 0) is 14.8 Å². The average Bonchev–Trinajstić information content (AvgIpc) is 2.46. The van der Waals surface area contributed by atoms with Crippen molar-refractivity contribution in [1.82, 2.24) is 9.62 Å². The molecule has 6 nitrogen and oxygen atoms in total. The van der Waals surface area contributed by atoms with Crippen molar-refractivity contribution in [3.05, 3.63) is 29.8 Å². The number of ketones is 1. The van der Waals surface area contributed by atoms with Gasteiger partial charge in [0.25, 0.3) is 0 Å². The number of carbonyl (C=O) groups is 1. The fraction of sp³-hybridized carbons (Fsp3) is 0.562. The van der Waals surface area contributed by atoms with Gasteiger partial charge in [0.2, 0.25) is 10.0 Å². The highest BCUT2D eigenvalue weighted by Gasteiger charge is 2.22. The molecule has 2 rings (SSSR count). The van der Waals surface area contributed by atoms with Crippen LogP contribution in [-0.4, -0.2) is 57.5 Å². The number of carbonyl (C=O) groups excluding carboxylic acids is 1. The molecule has 7 heteroatoms. The molecule has 0 amide bonds. The highest BCUT2D eigenvalue weighted by molar-refractivity contribution is 7.89. The summed E-state index contributed by atoms with van der Waals surface area (Å²) in [6.45, 7) is 7.99. The van der Waals surface area contributed by atoms with Crippen LogP contribution in [0.4, 0.5) is 0 Å². The van der Waals surface area contributed by atoms with E-state index >= 15 is 0 Å². The van der Waals surface area contributed by atoms with Crippen LogP contribution in [0.1, 0.15) is 31.1 Å². The summed E-state index contributed by atoms with van der Waals surface area (Å²) < 4.78 is 32.9. The van der Waals surface area contributed by atoms with Gasteiger partial charge in [0.1, 0.15) is 0 Å². The monoisotopic (exact) mass is 340 g/mol. The van der Waals surface area contributed by atoms with Crippen molar-refractivity contribution in [2.45, 2.75) is 37.9 Å². The summed E-state index contributed by atoms with van der Waals surface area (Å²) in [4.78, 5) is 13.7. The fourth-order valence-corrected chi connectivity index (χ4v) is 3.84. The smallest absolute Gasteiger partial charge is 0.240 e. The number of sulfonamides is 1. The molecule has 1 saturated heterocycles. The third kappa shape index (κ3) is 5.10. The van der Waals surface area contributed by atoms with Crippen LogP contribution in [0.5, 0.6) is 0 Å². The molecule has 1 N–H and O–H groups in total. The summed E-state index contributed by atoms with van der Waals surface area (Å²) >= 11 is 0. The van der Waals surface area contributed by atoms with Crippen LogP contribution >= 0.6 is 0 Å². The lowest BCUT2D eigenvalue weighted by molar-refractivity contribution is -0.0671. The van der Waals surface area contributed by atoms with Gasteiger partial charge >= 0.3 is 0 Å². The van der Waals surface area contributed by atoms with Crippen molar-refractivity contribution in [3.8, 4) is 0 Å². The normalized spacial score (nSPS) is 22.9. The first-order valence-electron chi connectivity index (χ1n) is 7.76. The van der Waals surface area contributed by atoms with E-state index in [-0.39, 0.29) is 22.9 Å². The summed E-state index contributed by atoms with van der Waals surface area (Å²) in [6.07, 6.45) is 0.310. The lowest BCUT2D eigenvalue weighted by Gasteiger charge is -2.35. The fourth-order valence-electron chi connectivity index (χ4n) is 2.77. The van der Waals surface area contributed by atoms with E-state index in [9.17, 15) is 13.2 Å². The van der Waals surface area contributed by atoms with Crippen molar-refractivity contribution >= 4 is 15.8 Å². The quantitative estimate of drug-likeness (QED) is 0.790. The van der Waals surface area contributed by atoms with E-state index in [4.69, 9.17) is 4.74 Å². The van der Waals surface area contributed by atoms with Crippen LogP contribution in [0.3, 0.4) is 0 Å². The number of rotatable bonds is 6. The summed E-state index contributed by atoms with van der Waals surface area (Å²) in [5.74, 6) is -0.154. The van der Waals surface area contributed by atoms with E-state index in [0.717, 1.165) is 13.1 Å². The van der Waals surface area contributed by atoms with Crippen molar-refractivity contribution in [2.24, 2.45) is 0 Å². The molecule has 0 spiro atoms. The molecule has 0 bridgehead atoms. The van der Waals surface area contributed by atoms with Crippen molar-refractivity contribution in [3.63, 3.8) is 0 Å². The minimum absolute atomic E-state index is 0.119. The van der Waals surface area contributed by atoms with E-state index in [2.05, 4.69) is 9.62 Å². The minimum atomic E-state index is -3.60. The Bertz CT molecular complexity index is 650. The molecule has 1 fully saturated rings. The molecule has 1 aliphatic rings. The Balaban J connectivity index is 1.94. The second kappa shape index (κ2) is 7.53. The third-order valence-corrected chi connectivity index (χ3v) is 5.22. The van der Waals surface area contributed by atoms with Gasteiger partial charge in [-0.3, -0.25) is 9.69 Å². The van der Waals surface area contributed by atoms with Gasteiger partial charge in [0.05, 0.1) is 17.1 Å². The minimum Gasteiger partial charge on any atom is -0.373 e. The Morgan fingerprint density at radius 2 is 1.96 bits per heavy atom. The molecule has 0 aromatic heterocycles. The van der Waals surface area contributed by atoms with Gasteiger partial charge in [0, 0.05) is 31.7 Å². The number of benzene rings is 1. The summed E-state index contributed by atoms with van der Waals surface area (Å²) in [6, 6.07) is 6.09. The van der Waals surface area contributed by atoms with E-state index in [1.807, 2.05) is 13.8 Å². The predicted octanol–water partition coefficient (Wildman–Crippen LogP) is 1.28. The first-order valence-corrected chi connectivity index (χ1v) is 9.25. The third-order valence-electron chi connectivity index (χ3n) is 3.77. The van der Waals surface area contributed by atoms with Crippen molar-refractivity contribution in [2.75, 3.05) is 26.2 Å². The Morgan fingerprint density at radius 3 is 2.57 bits per heavy atom. The maximum absolute atomic E-state index is 12.3. The molecule has 0 aliphatic carbocycles. The molecule has 128 valence electrons. The Hall–Kier alpha value is -1.28. The molecular weight excluding hydrogens is 316 g/mol.